The van der Waals surface area contributed by atoms with E-state index in [-0.39, 0.29) is 12.1 Å². The van der Waals surface area contributed by atoms with Crippen LogP contribution in [0.1, 0.15) is 49.4 Å². The lowest BCUT2D eigenvalue weighted by Gasteiger charge is -2.30. The van der Waals surface area contributed by atoms with E-state index < -0.39 is 0 Å². The zero-order valence-corrected chi connectivity index (χ0v) is 13.3. The summed E-state index contributed by atoms with van der Waals surface area (Å²) in [6.45, 7) is 2.17. The minimum atomic E-state index is -0.253. The number of carbonyl (C=O) groups is 1. The molecule has 0 spiro atoms. The summed E-state index contributed by atoms with van der Waals surface area (Å²) < 4.78 is 5.81. The predicted molar refractivity (Wildman–Crippen MR) is 86.6 cm³/mol. The topological polar surface area (TPSA) is 55.6 Å². The Morgan fingerprint density at radius 1 is 1.33 bits per heavy atom. The molecule has 116 valence electrons. The van der Waals surface area contributed by atoms with Gasteiger partial charge in [-0.05, 0) is 49.8 Å². The highest BCUT2D eigenvalue weighted by molar-refractivity contribution is 5.97. The van der Waals surface area contributed by atoms with E-state index in [4.69, 9.17) is 10.5 Å². The fourth-order valence-corrected chi connectivity index (χ4v) is 3.10. The van der Waals surface area contributed by atoms with E-state index in [0.717, 1.165) is 31.4 Å². The molecule has 0 saturated heterocycles. The Morgan fingerprint density at radius 2 is 2.05 bits per heavy atom. The lowest BCUT2D eigenvalue weighted by molar-refractivity contribution is 0.000788. The van der Waals surface area contributed by atoms with Gasteiger partial charge in [-0.1, -0.05) is 13.3 Å². The number of nitrogens with zero attached hydrogens (tertiary/aromatic N) is 1. The van der Waals surface area contributed by atoms with Gasteiger partial charge in [0.05, 0.1) is 11.3 Å². The van der Waals surface area contributed by atoms with Crippen molar-refractivity contribution < 1.29 is 9.53 Å². The van der Waals surface area contributed by atoms with E-state index in [1.54, 1.807) is 6.07 Å². The summed E-state index contributed by atoms with van der Waals surface area (Å²) in [7, 11) is 3.83. The monoisotopic (exact) mass is 290 g/mol. The van der Waals surface area contributed by atoms with Gasteiger partial charge in [-0.15, -0.1) is 0 Å². The Labute approximate surface area is 127 Å². The number of esters is 1. The minimum absolute atomic E-state index is 0.0488. The maximum absolute atomic E-state index is 12.5. The van der Waals surface area contributed by atoms with Crippen molar-refractivity contribution in [2.45, 2.75) is 45.1 Å². The number of nitrogens with two attached hydrogens (primary N) is 1. The van der Waals surface area contributed by atoms with Crippen LogP contribution in [0.3, 0.4) is 0 Å². The second kappa shape index (κ2) is 6.83. The van der Waals surface area contributed by atoms with Crippen molar-refractivity contribution in [3.63, 3.8) is 0 Å². The van der Waals surface area contributed by atoms with Gasteiger partial charge in [0.15, 0.2) is 0 Å². The highest BCUT2D eigenvalue weighted by Crippen LogP contribution is 2.31. The van der Waals surface area contributed by atoms with Crippen LogP contribution in [0, 0.1) is 5.92 Å². The van der Waals surface area contributed by atoms with Crippen LogP contribution in [-0.4, -0.2) is 26.2 Å². The molecule has 1 aromatic rings. The third kappa shape index (κ3) is 3.69. The molecule has 0 aromatic heterocycles. The summed E-state index contributed by atoms with van der Waals surface area (Å²) in [4.78, 5) is 14.5. The van der Waals surface area contributed by atoms with Crippen molar-refractivity contribution in [2.24, 2.45) is 5.92 Å². The number of anilines is 2. The Hall–Kier alpha value is -1.71. The van der Waals surface area contributed by atoms with Crippen LogP contribution in [0.2, 0.25) is 0 Å². The number of hydrogen-bond donors (Lipinski definition) is 1. The molecular weight excluding hydrogens is 264 g/mol. The molecular formula is C17H26N2O2. The molecule has 0 bridgehead atoms. The molecule has 0 aliphatic heterocycles. The van der Waals surface area contributed by atoms with Gasteiger partial charge in [0.2, 0.25) is 0 Å². The Morgan fingerprint density at radius 3 is 2.71 bits per heavy atom. The summed E-state index contributed by atoms with van der Waals surface area (Å²) >= 11 is 0. The average Bonchev–Trinajstić information content (AvgIpc) is 2.47. The van der Waals surface area contributed by atoms with Gasteiger partial charge in [-0.3, -0.25) is 0 Å². The minimum Gasteiger partial charge on any atom is -0.458 e. The van der Waals surface area contributed by atoms with Crippen molar-refractivity contribution in [1.82, 2.24) is 0 Å². The fraction of sp³-hybridized carbons (Fsp3) is 0.588. The van der Waals surface area contributed by atoms with Gasteiger partial charge in [0, 0.05) is 19.8 Å². The molecule has 2 atom stereocenters. The number of ether oxygens (including phenoxy) is 1. The largest absolute Gasteiger partial charge is 0.458 e. The smallest absolute Gasteiger partial charge is 0.340 e. The normalized spacial score (nSPS) is 21.9. The van der Waals surface area contributed by atoms with Gasteiger partial charge in [0.1, 0.15) is 6.10 Å². The van der Waals surface area contributed by atoms with Crippen molar-refractivity contribution >= 4 is 17.3 Å². The van der Waals surface area contributed by atoms with E-state index >= 15 is 0 Å². The van der Waals surface area contributed by atoms with Crippen LogP contribution >= 0.6 is 0 Å². The van der Waals surface area contributed by atoms with Crippen LogP contribution in [-0.2, 0) is 4.74 Å². The van der Waals surface area contributed by atoms with Crippen LogP contribution in [0.5, 0.6) is 0 Å². The number of rotatable bonds is 4. The molecule has 0 amide bonds. The second-order valence-electron chi connectivity index (χ2n) is 6.07. The first-order chi connectivity index (χ1) is 10.0. The van der Waals surface area contributed by atoms with E-state index in [0.29, 0.717) is 17.2 Å². The van der Waals surface area contributed by atoms with Gasteiger partial charge in [0.25, 0.3) is 0 Å². The number of hydrogen-bond acceptors (Lipinski definition) is 4. The number of carbonyl (C=O) groups excluding carboxylic acids is 1. The second-order valence-corrected chi connectivity index (χ2v) is 6.07. The summed E-state index contributed by atoms with van der Waals surface area (Å²) in [5.41, 5.74) is 7.81. The van der Waals surface area contributed by atoms with Gasteiger partial charge < -0.3 is 15.4 Å². The molecule has 4 nitrogen and oxygen atoms in total. The maximum Gasteiger partial charge on any atom is 0.340 e. The zero-order valence-electron chi connectivity index (χ0n) is 13.3. The Balaban J connectivity index is 2.17. The zero-order chi connectivity index (χ0) is 15.4. The third-order valence-corrected chi connectivity index (χ3v) is 4.34. The Kier molecular flexibility index (Phi) is 5.10. The molecule has 2 N–H and O–H groups in total. The van der Waals surface area contributed by atoms with Gasteiger partial charge in [-0.25, -0.2) is 4.79 Å². The number of nitrogen functional groups attached to an aromatic ring is 1. The molecule has 1 saturated carbocycles. The summed E-state index contributed by atoms with van der Waals surface area (Å²) in [6, 6.07) is 5.38. The van der Waals surface area contributed by atoms with E-state index in [2.05, 4.69) is 6.92 Å². The summed E-state index contributed by atoms with van der Waals surface area (Å²) in [5, 5.41) is 0. The molecule has 2 unspecified atom stereocenters. The quantitative estimate of drug-likeness (QED) is 0.681. The lowest BCUT2D eigenvalue weighted by Crippen LogP contribution is -2.30. The molecule has 2 rings (SSSR count). The highest BCUT2D eigenvalue weighted by atomic mass is 16.5. The first-order valence-corrected chi connectivity index (χ1v) is 7.80. The van der Waals surface area contributed by atoms with E-state index in [1.165, 1.54) is 6.42 Å². The lowest BCUT2D eigenvalue weighted by atomic mass is 9.85. The van der Waals surface area contributed by atoms with Gasteiger partial charge >= 0.3 is 5.97 Å². The summed E-state index contributed by atoms with van der Waals surface area (Å²) in [6.07, 6.45) is 5.64. The first-order valence-electron chi connectivity index (χ1n) is 7.80. The SMILES string of the molecule is CCC1CCCCC1OC(=O)c1cc(N)ccc1N(C)C. The standard InChI is InChI=1S/C17H26N2O2/c1-4-12-7-5-6-8-16(12)21-17(20)14-11-13(18)9-10-15(14)19(2)3/h9-12,16H,4-8,18H2,1-3H3. The third-order valence-electron chi connectivity index (χ3n) is 4.34. The van der Waals surface area contributed by atoms with Crippen LogP contribution in [0.4, 0.5) is 11.4 Å². The summed E-state index contributed by atoms with van der Waals surface area (Å²) in [5.74, 6) is 0.239. The maximum atomic E-state index is 12.5. The van der Waals surface area contributed by atoms with Crippen molar-refractivity contribution in [3.8, 4) is 0 Å². The first kappa shape index (κ1) is 15.7. The van der Waals surface area contributed by atoms with Crippen molar-refractivity contribution in [3.05, 3.63) is 23.8 Å². The fourth-order valence-electron chi connectivity index (χ4n) is 3.10. The molecule has 1 aliphatic rings. The molecule has 0 heterocycles. The molecule has 1 aliphatic carbocycles. The average molecular weight is 290 g/mol. The Bertz CT molecular complexity index is 500. The van der Waals surface area contributed by atoms with Crippen molar-refractivity contribution in [1.29, 1.82) is 0 Å². The van der Waals surface area contributed by atoms with E-state index in [9.17, 15) is 4.79 Å². The molecule has 4 heteroatoms. The highest BCUT2D eigenvalue weighted by Gasteiger charge is 2.28. The van der Waals surface area contributed by atoms with E-state index in [1.807, 2.05) is 31.1 Å². The molecule has 1 aromatic carbocycles. The van der Waals surface area contributed by atoms with Crippen LogP contribution in [0.15, 0.2) is 18.2 Å². The predicted octanol–water partition coefficient (Wildman–Crippen LogP) is 3.46. The van der Waals surface area contributed by atoms with Crippen molar-refractivity contribution in [2.75, 3.05) is 24.7 Å². The van der Waals surface area contributed by atoms with Crippen LogP contribution < -0.4 is 10.6 Å². The number of benzene rings is 1. The van der Waals surface area contributed by atoms with Gasteiger partial charge in [-0.2, -0.15) is 0 Å². The molecule has 0 radical (unpaired) electrons. The molecule has 21 heavy (non-hydrogen) atoms. The van der Waals surface area contributed by atoms with Crippen LogP contribution in [0.25, 0.3) is 0 Å². The molecule has 1 fully saturated rings.